The number of anilines is 1. The first-order valence-corrected chi connectivity index (χ1v) is 9.71. The quantitative estimate of drug-likeness (QED) is 0.435. The summed E-state index contributed by atoms with van der Waals surface area (Å²) in [6.07, 6.45) is 1.16. The SMILES string of the molecule is CCCCOC(=O)Nc1ccc(C(=O)OCC)cc1B1OC(C)(C)C(C)(C)O1. The monoisotopic (exact) mass is 391 g/mol. The lowest BCUT2D eigenvalue weighted by atomic mass is 9.77. The van der Waals surface area contributed by atoms with Gasteiger partial charge >= 0.3 is 19.2 Å². The molecule has 0 radical (unpaired) electrons. The number of hydrogen-bond donors (Lipinski definition) is 1. The second-order valence-electron chi connectivity index (χ2n) is 7.73. The van der Waals surface area contributed by atoms with Crippen molar-refractivity contribution in [2.75, 3.05) is 18.5 Å². The molecule has 7 nitrogen and oxygen atoms in total. The molecule has 1 aliphatic rings. The van der Waals surface area contributed by atoms with Crippen LogP contribution in [0.3, 0.4) is 0 Å². The van der Waals surface area contributed by atoms with Crippen LogP contribution in [0.25, 0.3) is 0 Å². The first-order chi connectivity index (χ1) is 13.1. The van der Waals surface area contributed by atoms with Crippen LogP contribution >= 0.6 is 0 Å². The van der Waals surface area contributed by atoms with Gasteiger partial charge in [0.2, 0.25) is 0 Å². The molecule has 8 heteroatoms. The van der Waals surface area contributed by atoms with E-state index in [0.717, 1.165) is 12.8 Å². The largest absolute Gasteiger partial charge is 0.497 e. The van der Waals surface area contributed by atoms with Crippen molar-refractivity contribution in [3.8, 4) is 0 Å². The van der Waals surface area contributed by atoms with Crippen LogP contribution in [0.15, 0.2) is 18.2 Å². The molecule has 1 amide bonds. The molecular formula is C20H30BNO6. The van der Waals surface area contributed by atoms with Gasteiger partial charge in [-0.25, -0.2) is 9.59 Å². The van der Waals surface area contributed by atoms with Gasteiger partial charge in [0.1, 0.15) is 0 Å². The third-order valence-electron chi connectivity index (χ3n) is 5.04. The number of hydrogen-bond acceptors (Lipinski definition) is 6. The molecule has 1 saturated heterocycles. The Balaban J connectivity index is 2.31. The first-order valence-electron chi connectivity index (χ1n) is 9.71. The molecule has 0 spiro atoms. The third-order valence-corrected chi connectivity index (χ3v) is 5.04. The summed E-state index contributed by atoms with van der Waals surface area (Å²) in [6, 6.07) is 4.85. The topological polar surface area (TPSA) is 83.1 Å². The Kier molecular flexibility index (Phi) is 7.12. The summed E-state index contributed by atoms with van der Waals surface area (Å²) in [5.74, 6) is -0.447. The molecule has 0 saturated carbocycles. The predicted octanol–water partition coefficient (Wildman–Crippen LogP) is 3.51. The smallest absolute Gasteiger partial charge is 0.462 e. The van der Waals surface area contributed by atoms with E-state index in [0.29, 0.717) is 23.3 Å². The Morgan fingerprint density at radius 1 is 1.07 bits per heavy atom. The van der Waals surface area contributed by atoms with E-state index in [1.807, 2.05) is 34.6 Å². The highest BCUT2D eigenvalue weighted by Gasteiger charge is 2.52. The Bertz CT molecular complexity index is 703. The summed E-state index contributed by atoms with van der Waals surface area (Å²) in [6.45, 7) is 12.1. The molecule has 0 unspecified atom stereocenters. The number of esters is 1. The number of carbonyl (C=O) groups excluding carboxylic acids is 2. The summed E-state index contributed by atoms with van der Waals surface area (Å²) in [5, 5.41) is 2.73. The molecule has 1 aliphatic heterocycles. The highest BCUT2D eigenvalue weighted by Crippen LogP contribution is 2.37. The highest BCUT2D eigenvalue weighted by molar-refractivity contribution is 6.64. The molecule has 1 N–H and O–H groups in total. The van der Waals surface area contributed by atoms with Crippen molar-refractivity contribution in [1.82, 2.24) is 0 Å². The average Bonchev–Trinajstić information content (AvgIpc) is 2.83. The fourth-order valence-electron chi connectivity index (χ4n) is 2.64. The zero-order valence-corrected chi connectivity index (χ0v) is 17.6. The fraction of sp³-hybridized carbons (Fsp3) is 0.600. The molecule has 2 rings (SSSR count). The van der Waals surface area contributed by atoms with Gasteiger partial charge in [0.25, 0.3) is 0 Å². The third kappa shape index (κ3) is 5.05. The minimum Gasteiger partial charge on any atom is -0.462 e. The van der Waals surface area contributed by atoms with E-state index in [4.69, 9.17) is 18.8 Å². The van der Waals surface area contributed by atoms with Crippen LogP contribution < -0.4 is 10.8 Å². The molecular weight excluding hydrogens is 361 g/mol. The van der Waals surface area contributed by atoms with Gasteiger partial charge in [-0.2, -0.15) is 0 Å². The number of benzene rings is 1. The van der Waals surface area contributed by atoms with Crippen LogP contribution in [0, 0.1) is 0 Å². The van der Waals surface area contributed by atoms with Crippen molar-refractivity contribution < 1.29 is 28.4 Å². The van der Waals surface area contributed by atoms with E-state index in [1.54, 1.807) is 25.1 Å². The lowest BCUT2D eigenvalue weighted by Gasteiger charge is -2.32. The molecule has 0 aromatic heterocycles. The number of rotatable bonds is 7. The number of amides is 1. The van der Waals surface area contributed by atoms with Crippen molar-refractivity contribution >= 4 is 30.3 Å². The molecule has 1 fully saturated rings. The minimum absolute atomic E-state index is 0.272. The lowest BCUT2D eigenvalue weighted by molar-refractivity contribution is 0.00578. The van der Waals surface area contributed by atoms with Gasteiger partial charge in [0, 0.05) is 11.2 Å². The van der Waals surface area contributed by atoms with Crippen LogP contribution in [-0.4, -0.2) is 43.6 Å². The number of ether oxygens (including phenoxy) is 2. The van der Waals surface area contributed by atoms with Crippen LogP contribution in [0.1, 0.15) is 64.7 Å². The van der Waals surface area contributed by atoms with E-state index in [-0.39, 0.29) is 6.61 Å². The molecule has 0 atom stereocenters. The predicted molar refractivity (Wildman–Crippen MR) is 108 cm³/mol. The van der Waals surface area contributed by atoms with Crippen molar-refractivity contribution in [3.05, 3.63) is 23.8 Å². The van der Waals surface area contributed by atoms with Crippen molar-refractivity contribution in [1.29, 1.82) is 0 Å². The Hall–Kier alpha value is -2.06. The average molecular weight is 391 g/mol. The Morgan fingerprint density at radius 3 is 2.29 bits per heavy atom. The standard InChI is InChI=1S/C20H30BNO6/c1-7-9-12-26-18(24)22-16-11-10-14(17(23)25-8-2)13-15(16)21-27-19(3,4)20(5,6)28-21/h10-11,13H,7-9,12H2,1-6H3,(H,22,24). The second kappa shape index (κ2) is 8.96. The van der Waals surface area contributed by atoms with Gasteiger partial charge in [0.05, 0.1) is 30.0 Å². The zero-order chi connectivity index (χ0) is 20.9. The normalized spacial score (nSPS) is 17.3. The molecule has 1 aromatic carbocycles. The maximum atomic E-state index is 12.2. The summed E-state index contributed by atoms with van der Waals surface area (Å²) in [4.78, 5) is 24.3. The van der Waals surface area contributed by atoms with Gasteiger partial charge in [0.15, 0.2) is 0 Å². The van der Waals surface area contributed by atoms with Gasteiger partial charge in [-0.1, -0.05) is 13.3 Å². The van der Waals surface area contributed by atoms with E-state index in [2.05, 4.69) is 5.32 Å². The van der Waals surface area contributed by atoms with Crippen molar-refractivity contribution in [3.63, 3.8) is 0 Å². The number of carbonyl (C=O) groups is 2. The van der Waals surface area contributed by atoms with Gasteiger partial charge < -0.3 is 18.8 Å². The van der Waals surface area contributed by atoms with Gasteiger partial charge in [-0.05, 0) is 59.2 Å². The molecule has 1 aromatic rings. The number of nitrogens with one attached hydrogen (secondary N) is 1. The fourth-order valence-corrected chi connectivity index (χ4v) is 2.64. The maximum Gasteiger partial charge on any atom is 0.497 e. The van der Waals surface area contributed by atoms with Crippen molar-refractivity contribution in [2.24, 2.45) is 0 Å². The zero-order valence-electron chi connectivity index (χ0n) is 17.6. The molecule has 154 valence electrons. The minimum atomic E-state index is -0.745. The Labute approximate surface area is 167 Å². The van der Waals surface area contributed by atoms with Crippen LogP contribution in [0.2, 0.25) is 0 Å². The summed E-state index contributed by atoms with van der Waals surface area (Å²) < 4.78 is 22.5. The van der Waals surface area contributed by atoms with Gasteiger partial charge in [-0.15, -0.1) is 0 Å². The van der Waals surface area contributed by atoms with E-state index in [9.17, 15) is 9.59 Å². The van der Waals surface area contributed by atoms with E-state index < -0.39 is 30.4 Å². The van der Waals surface area contributed by atoms with E-state index in [1.165, 1.54) is 0 Å². The van der Waals surface area contributed by atoms with Gasteiger partial charge in [-0.3, -0.25) is 5.32 Å². The molecule has 0 aliphatic carbocycles. The van der Waals surface area contributed by atoms with E-state index >= 15 is 0 Å². The van der Waals surface area contributed by atoms with Crippen LogP contribution in [-0.2, 0) is 18.8 Å². The number of unbranched alkanes of at least 4 members (excludes halogenated alkanes) is 1. The summed E-state index contributed by atoms with van der Waals surface area (Å²) in [5.41, 5.74) is 0.244. The summed E-state index contributed by atoms with van der Waals surface area (Å²) in [7, 11) is -0.745. The molecule has 28 heavy (non-hydrogen) atoms. The molecule has 1 heterocycles. The Morgan fingerprint density at radius 2 is 1.71 bits per heavy atom. The van der Waals surface area contributed by atoms with Crippen molar-refractivity contribution in [2.45, 2.75) is 65.6 Å². The lowest BCUT2D eigenvalue weighted by Crippen LogP contribution is -2.41. The second-order valence-corrected chi connectivity index (χ2v) is 7.73. The first kappa shape index (κ1) is 22.2. The maximum absolute atomic E-state index is 12.2. The van der Waals surface area contributed by atoms with Crippen LogP contribution in [0.4, 0.5) is 10.5 Å². The summed E-state index contributed by atoms with van der Waals surface area (Å²) >= 11 is 0. The molecule has 0 bridgehead atoms. The highest BCUT2D eigenvalue weighted by atomic mass is 16.7. The van der Waals surface area contributed by atoms with Crippen LogP contribution in [0.5, 0.6) is 0 Å².